The van der Waals surface area contributed by atoms with Crippen molar-refractivity contribution in [2.75, 3.05) is 31.1 Å². The number of carbonyl (C=O) groups is 1. The van der Waals surface area contributed by atoms with E-state index < -0.39 is 0 Å². The number of para-hydroxylation sites is 2. The number of thioether (sulfide) groups is 1. The third-order valence-electron chi connectivity index (χ3n) is 6.70. The predicted molar refractivity (Wildman–Crippen MR) is 156 cm³/mol. The van der Waals surface area contributed by atoms with E-state index in [0.717, 1.165) is 40.3 Å². The molecule has 1 aliphatic rings. The third kappa shape index (κ3) is 5.43. The summed E-state index contributed by atoms with van der Waals surface area (Å²) in [5.41, 5.74) is 4.94. The molecule has 0 atom stereocenters. The van der Waals surface area contributed by atoms with Crippen LogP contribution in [0.5, 0.6) is 0 Å². The summed E-state index contributed by atoms with van der Waals surface area (Å²) in [6.45, 7) is 5.14. The van der Waals surface area contributed by atoms with Crippen LogP contribution in [0, 0.1) is 6.92 Å². The van der Waals surface area contributed by atoms with Crippen molar-refractivity contribution in [3.63, 3.8) is 0 Å². The molecule has 6 rings (SSSR count). The Bertz CT molecular complexity index is 1560. The summed E-state index contributed by atoms with van der Waals surface area (Å²) < 4.78 is 2.05. The fourth-order valence-corrected chi connectivity index (χ4v) is 6.43. The molecular weight excluding hydrogens is 527 g/mol. The van der Waals surface area contributed by atoms with E-state index in [2.05, 4.69) is 56.3 Å². The minimum atomic E-state index is -0.000593. The van der Waals surface area contributed by atoms with Crippen molar-refractivity contribution in [2.45, 2.75) is 17.8 Å². The van der Waals surface area contributed by atoms with Crippen molar-refractivity contribution in [3.8, 4) is 17.1 Å². The van der Waals surface area contributed by atoms with Gasteiger partial charge in [0.2, 0.25) is 0 Å². The standard InChI is InChI=1S/C29H27N7OS2/c1-21-7-5-6-10-25(21)34-15-17-35(18-16-34)28(37)24-19-38-26(31-24)20-39-29-33-32-27(22-11-13-30-14-12-22)36(29)23-8-3-2-4-9-23/h2-14,19H,15-18,20H2,1H3. The van der Waals surface area contributed by atoms with Gasteiger partial charge in [-0.15, -0.1) is 21.5 Å². The fourth-order valence-electron chi connectivity index (χ4n) is 4.69. The van der Waals surface area contributed by atoms with Crippen molar-refractivity contribution in [1.29, 1.82) is 0 Å². The Morgan fingerprint density at radius 1 is 0.923 bits per heavy atom. The molecule has 0 N–H and O–H groups in total. The van der Waals surface area contributed by atoms with E-state index in [1.165, 1.54) is 22.6 Å². The highest BCUT2D eigenvalue weighted by atomic mass is 32.2. The quantitative estimate of drug-likeness (QED) is 0.251. The number of piperazine rings is 1. The number of pyridine rings is 1. The smallest absolute Gasteiger partial charge is 0.273 e. The second-order valence-corrected chi connectivity index (χ2v) is 11.1. The number of carbonyl (C=O) groups excluding carboxylic acids is 1. The van der Waals surface area contributed by atoms with Crippen molar-refractivity contribution in [2.24, 2.45) is 0 Å². The summed E-state index contributed by atoms with van der Waals surface area (Å²) in [5.74, 6) is 1.35. The molecule has 1 aliphatic heterocycles. The molecule has 2 aromatic carbocycles. The number of amides is 1. The van der Waals surface area contributed by atoms with Gasteiger partial charge in [0.25, 0.3) is 5.91 Å². The zero-order valence-electron chi connectivity index (χ0n) is 21.5. The Hall–Kier alpha value is -4.02. The first-order valence-electron chi connectivity index (χ1n) is 12.8. The average molecular weight is 554 g/mol. The lowest BCUT2D eigenvalue weighted by Gasteiger charge is -2.36. The summed E-state index contributed by atoms with van der Waals surface area (Å²) in [6, 6.07) is 22.3. The maximum Gasteiger partial charge on any atom is 0.273 e. The lowest BCUT2D eigenvalue weighted by Crippen LogP contribution is -2.49. The molecule has 1 saturated heterocycles. The van der Waals surface area contributed by atoms with E-state index in [9.17, 15) is 4.79 Å². The minimum absolute atomic E-state index is 0.000593. The van der Waals surface area contributed by atoms with E-state index in [-0.39, 0.29) is 5.91 Å². The van der Waals surface area contributed by atoms with E-state index >= 15 is 0 Å². The summed E-state index contributed by atoms with van der Waals surface area (Å²) in [6.07, 6.45) is 3.51. The first kappa shape index (κ1) is 25.3. The van der Waals surface area contributed by atoms with Crippen LogP contribution in [0.25, 0.3) is 17.1 Å². The average Bonchev–Trinajstić information content (AvgIpc) is 3.64. The van der Waals surface area contributed by atoms with Gasteiger partial charge in [0.15, 0.2) is 11.0 Å². The molecule has 10 heteroatoms. The lowest BCUT2D eigenvalue weighted by molar-refractivity contribution is 0.0741. The molecule has 0 saturated carbocycles. The van der Waals surface area contributed by atoms with Gasteiger partial charge in [-0.05, 0) is 42.8 Å². The Morgan fingerprint density at radius 3 is 2.44 bits per heavy atom. The summed E-state index contributed by atoms with van der Waals surface area (Å²) in [5, 5.41) is 12.5. The molecule has 39 heavy (non-hydrogen) atoms. The number of hydrogen-bond acceptors (Lipinski definition) is 8. The number of rotatable bonds is 7. The van der Waals surface area contributed by atoms with Gasteiger partial charge in [0.1, 0.15) is 10.7 Å². The maximum absolute atomic E-state index is 13.2. The molecule has 196 valence electrons. The second-order valence-electron chi connectivity index (χ2n) is 9.19. The molecule has 0 spiro atoms. The molecule has 0 aliphatic carbocycles. The van der Waals surface area contributed by atoms with E-state index in [0.29, 0.717) is 24.5 Å². The van der Waals surface area contributed by atoms with Crippen LogP contribution >= 0.6 is 23.1 Å². The van der Waals surface area contributed by atoms with Crippen LogP contribution in [-0.2, 0) is 5.75 Å². The van der Waals surface area contributed by atoms with Crippen LogP contribution in [0.1, 0.15) is 21.1 Å². The normalized spacial score (nSPS) is 13.6. The Labute approximate surface area is 235 Å². The number of anilines is 1. The summed E-state index contributed by atoms with van der Waals surface area (Å²) in [4.78, 5) is 26.3. The SMILES string of the molecule is Cc1ccccc1N1CCN(C(=O)c2csc(CSc3nnc(-c4ccncc4)n3-c3ccccc3)n2)CC1. The second kappa shape index (κ2) is 11.4. The van der Waals surface area contributed by atoms with Gasteiger partial charge >= 0.3 is 0 Å². The monoisotopic (exact) mass is 553 g/mol. The molecule has 1 fully saturated rings. The van der Waals surface area contributed by atoms with Crippen LogP contribution in [0.15, 0.2) is 89.7 Å². The van der Waals surface area contributed by atoms with Gasteiger partial charge in [-0.25, -0.2) is 4.98 Å². The van der Waals surface area contributed by atoms with E-state index in [1.807, 2.05) is 57.3 Å². The van der Waals surface area contributed by atoms with E-state index in [1.54, 1.807) is 24.2 Å². The van der Waals surface area contributed by atoms with Crippen LogP contribution in [0.4, 0.5) is 5.69 Å². The van der Waals surface area contributed by atoms with Crippen LogP contribution < -0.4 is 4.90 Å². The van der Waals surface area contributed by atoms with Crippen molar-refractivity contribution >= 4 is 34.7 Å². The Kier molecular flexibility index (Phi) is 7.38. The largest absolute Gasteiger partial charge is 0.368 e. The van der Waals surface area contributed by atoms with Crippen LogP contribution in [0.2, 0.25) is 0 Å². The highest BCUT2D eigenvalue weighted by Gasteiger charge is 2.25. The number of nitrogens with zero attached hydrogens (tertiary/aromatic N) is 7. The van der Waals surface area contributed by atoms with Gasteiger partial charge < -0.3 is 9.80 Å². The Balaban J connectivity index is 1.13. The van der Waals surface area contributed by atoms with Gasteiger partial charge in [0, 0.05) is 60.9 Å². The molecule has 4 heterocycles. The first-order valence-corrected chi connectivity index (χ1v) is 14.6. The minimum Gasteiger partial charge on any atom is -0.368 e. The van der Waals surface area contributed by atoms with Gasteiger partial charge in [-0.2, -0.15) is 0 Å². The lowest BCUT2D eigenvalue weighted by atomic mass is 10.1. The maximum atomic E-state index is 13.2. The highest BCUT2D eigenvalue weighted by Crippen LogP contribution is 2.30. The number of aryl methyl sites for hydroxylation is 1. The van der Waals surface area contributed by atoms with Gasteiger partial charge in [-0.1, -0.05) is 48.2 Å². The zero-order valence-corrected chi connectivity index (χ0v) is 23.1. The third-order valence-corrected chi connectivity index (χ3v) is 8.68. The van der Waals surface area contributed by atoms with Crippen molar-refractivity contribution < 1.29 is 4.79 Å². The van der Waals surface area contributed by atoms with Crippen LogP contribution in [-0.4, -0.2) is 61.7 Å². The highest BCUT2D eigenvalue weighted by molar-refractivity contribution is 7.98. The fraction of sp³-hybridized carbons (Fsp3) is 0.207. The number of benzene rings is 2. The molecule has 0 unspecified atom stereocenters. The van der Waals surface area contributed by atoms with Gasteiger partial charge in [0.05, 0.1) is 5.75 Å². The van der Waals surface area contributed by atoms with Gasteiger partial charge in [-0.3, -0.25) is 14.3 Å². The molecule has 0 bridgehead atoms. The number of hydrogen-bond donors (Lipinski definition) is 0. The predicted octanol–water partition coefficient (Wildman–Crippen LogP) is 5.35. The molecule has 0 radical (unpaired) electrons. The molecule has 5 aromatic rings. The zero-order chi connectivity index (χ0) is 26.6. The first-order chi connectivity index (χ1) is 19.2. The van der Waals surface area contributed by atoms with E-state index in [4.69, 9.17) is 0 Å². The molecule has 8 nitrogen and oxygen atoms in total. The molecule has 3 aromatic heterocycles. The summed E-state index contributed by atoms with van der Waals surface area (Å²) in [7, 11) is 0. The topological polar surface area (TPSA) is 80.0 Å². The summed E-state index contributed by atoms with van der Waals surface area (Å²) >= 11 is 3.07. The number of aromatic nitrogens is 5. The molecular formula is C29H27N7OS2. The Morgan fingerprint density at radius 2 is 1.67 bits per heavy atom. The van der Waals surface area contributed by atoms with Crippen molar-refractivity contribution in [3.05, 3.63) is 101 Å². The molecule has 1 amide bonds. The van der Waals surface area contributed by atoms with Crippen molar-refractivity contribution in [1.82, 2.24) is 29.6 Å². The van der Waals surface area contributed by atoms with Crippen LogP contribution in [0.3, 0.4) is 0 Å². The number of thiazole rings is 1.